The third-order valence-corrected chi connectivity index (χ3v) is 8.51. The average molecular weight is 481 g/mol. The molecule has 0 amide bonds. The second-order valence-corrected chi connectivity index (χ2v) is 10.2. The third-order valence-electron chi connectivity index (χ3n) is 8.51. The van der Waals surface area contributed by atoms with Gasteiger partial charge >= 0.3 is 5.97 Å². The zero-order chi connectivity index (χ0) is 24.7. The lowest BCUT2D eigenvalue weighted by atomic mass is 9.58. The van der Waals surface area contributed by atoms with Gasteiger partial charge in [-0.1, -0.05) is 78.9 Å². The van der Waals surface area contributed by atoms with Crippen LogP contribution in [0.5, 0.6) is 0 Å². The lowest BCUT2D eigenvalue weighted by molar-refractivity contribution is -0.137. The van der Waals surface area contributed by atoms with Crippen LogP contribution in [0.3, 0.4) is 0 Å². The number of aliphatic hydroxyl groups is 1. The quantitative estimate of drug-likeness (QED) is 0.508. The summed E-state index contributed by atoms with van der Waals surface area (Å²) in [4.78, 5) is 15.9. The smallest absolute Gasteiger partial charge is 0.335 e. The molecule has 1 fully saturated rings. The summed E-state index contributed by atoms with van der Waals surface area (Å²) in [5.41, 5.74) is 5.98. The summed E-state index contributed by atoms with van der Waals surface area (Å²) in [6, 6.07) is 29.6. The number of hydrogen-bond acceptors (Lipinski definition) is 5. The number of anilines is 1. The first-order chi connectivity index (χ1) is 17.7. The molecule has 0 saturated carbocycles. The number of nitrogens with one attached hydrogen (secondary N) is 1. The van der Waals surface area contributed by atoms with Crippen LogP contribution >= 0.6 is 0 Å². The van der Waals surface area contributed by atoms with Gasteiger partial charge in [-0.3, -0.25) is 4.90 Å². The molecule has 0 unspecified atom stereocenters. The van der Waals surface area contributed by atoms with Gasteiger partial charge in [0.2, 0.25) is 0 Å². The fraction of sp³-hybridized carbons (Fsp3) is 0.323. The van der Waals surface area contributed by atoms with Crippen molar-refractivity contribution in [3.8, 4) is 0 Å². The molecule has 0 bridgehead atoms. The van der Waals surface area contributed by atoms with Gasteiger partial charge < -0.3 is 15.2 Å². The molecule has 0 radical (unpaired) electrons. The Morgan fingerprint density at radius 1 is 1.00 bits per heavy atom. The van der Waals surface area contributed by atoms with Crippen molar-refractivity contribution in [1.29, 1.82) is 0 Å². The summed E-state index contributed by atoms with van der Waals surface area (Å²) in [6.45, 7) is 1.64. The Hall–Kier alpha value is -3.41. The highest BCUT2D eigenvalue weighted by atomic mass is 16.5. The van der Waals surface area contributed by atoms with Crippen LogP contribution in [0.2, 0.25) is 0 Å². The predicted octanol–water partition coefficient (Wildman–Crippen LogP) is 4.53. The van der Waals surface area contributed by atoms with Crippen LogP contribution in [0.1, 0.15) is 23.1 Å². The van der Waals surface area contributed by atoms with E-state index in [0.29, 0.717) is 5.57 Å². The van der Waals surface area contributed by atoms with Gasteiger partial charge in [-0.25, -0.2) is 4.79 Å². The standard InChI is InChI=1S/C31H32N2O3/c1-36-30(35)27-24(20-34)23(18-21-10-4-2-5-11-21)29-31(25-14-8-9-15-26(25)32-28(27)31)16-17-33(29)19-22-12-6-3-7-13-22/h2-15,23-24,29,32,34H,16-20H2,1H3/t23-,24-,29+,31+/m0/s1. The van der Waals surface area contributed by atoms with Crippen molar-refractivity contribution in [2.75, 3.05) is 25.6 Å². The molecule has 5 heteroatoms. The molecule has 36 heavy (non-hydrogen) atoms. The van der Waals surface area contributed by atoms with Crippen LogP contribution in [0.25, 0.3) is 0 Å². The number of aliphatic hydroxyl groups excluding tert-OH is 1. The molecule has 184 valence electrons. The van der Waals surface area contributed by atoms with Crippen LogP contribution in [0.15, 0.2) is 96.2 Å². The third kappa shape index (κ3) is 3.49. The summed E-state index contributed by atoms with van der Waals surface area (Å²) >= 11 is 0. The topological polar surface area (TPSA) is 61.8 Å². The summed E-state index contributed by atoms with van der Waals surface area (Å²) in [5, 5.41) is 14.4. The molecule has 3 aromatic rings. The molecule has 1 spiro atoms. The van der Waals surface area contributed by atoms with Crippen molar-refractivity contribution in [2.24, 2.45) is 11.8 Å². The number of carbonyl (C=O) groups excluding carboxylic acids is 1. The minimum Gasteiger partial charge on any atom is -0.466 e. The van der Waals surface area contributed by atoms with Gasteiger partial charge in [0.05, 0.1) is 24.7 Å². The number of likely N-dealkylation sites (tertiary alicyclic amines) is 1. The molecule has 5 nitrogen and oxygen atoms in total. The van der Waals surface area contributed by atoms with Crippen LogP contribution < -0.4 is 5.32 Å². The maximum Gasteiger partial charge on any atom is 0.335 e. The van der Waals surface area contributed by atoms with Gasteiger partial charge in [0, 0.05) is 36.4 Å². The molecular formula is C31H32N2O3. The molecule has 4 atom stereocenters. The van der Waals surface area contributed by atoms with E-state index in [-0.39, 0.29) is 35.9 Å². The first kappa shape index (κ1) is 23.0. The fourth-order valence-corrected chi connectivity index (χ4v) is 7.14. The number of para-hydroxylation sites is 1. The van der Waals surface area contributed by atoms with Gasteiger partial charge in [0.1, 0.15) is 0 Å². The number of methoxy groups -OCH3 is 1. The van der Waals surface area contributed by atoms with Crippen molar-refractivity contribution < 1.29 is 14.6 Å². The molecule has 2 N–H and O–H groups in total. The molecule has 0 aromatic heterocycles. The van der Waals surface area contributed by atoms with Crippen LogP contribution in [-0.2, 0) is 27.9 Å². The summed E-state index contributed by atoms with van der Waals surface area (Å²) in [6.07, 6.45) is 1.69. The Morgan fingerprint density at radius 2 is 1.67 bits per heavy atom. The number of benzene rings is 3. The minimum atomic E-state index is -0.347. The van der Waals surface area contributed by atoms with Crippen molar-refractivity contribution in [1.82, 2.24) is 4.90 Å². The van der Waals surface area contributed by atoms with Crippen molar-refractivity contribution in [3.63, 3.8) is 0 Å². The highest BCUT2D eigenvalue weighted by Gasteiger charge is 2.63. The number of hydrogen-bond donors (Lipinski definition) is 2. The van der Waals surface area contributed by atoms with Crippen LogP contribution in [0, 0.1) is 11.8 Å². The Kier molecular flexibility index (Phi) is 5.90. The van der Waals surface area contributed by atoms with Gasteiger partial charge in [-0.15, -0.1) is 0 Å². The highest BCUT2D eigenvalue weighted by molar-refractivity contribution is 5.93. The zero-order valence-corrected chi connectivity index (χ0v) is 20.6. The number of carbonyl (C=O) groups is 1. The molecule has 2 aliphatic heterocycles. The van der Waals surface area contributed by atoms with Crippen LogP contribution in [-0.4, -0.2) is 42.3 Å². The van der Waals surface area contributed by atoms with Gasteiger partial charge in [0.25, 0.3) is 0 Å². The van der Waals surface area contributed by atoms with Crippen molar-refractivity contribution in [3.05, 3.63) is 113 Å². The maximum atomic E-state index is 13.3. The zero-order valence-electron chi connectivity index (χ0n) is 20.6. The molecule has 6 rings (SSSR count). The lowest BCUT2D eigenvalue weighted by Gasteiger charge is -2.49. The minimum absolute atomic E-state index is 0.0365. The van der Waals surface area contributed by atoms with Gasteiger partial charge in [-0.2, -0.15) is 0 Å². The Morgan fingerprint density at radius 3 is 2.36 bits per heavy atom. The number of fused-ring (bicyclic) bond motifs is 1. The second kappa shape index (κ2) is 9.23. The molecule has 3 aromatic carbocycles. The first-order valence-electron chi connectivity index (χ1n) is 12.8. The van der Waals surface area contributed by atoms with E-state index >= 15 is 0 Å². The van der Waals surface area contributed by atoms with E-state index < -0.39 is 0 Å². The van der Waals surface area contributed by atoms with E-state index in [4.69, 9.17) is 4.74 Å². The molecule has 3 aliphatic rings. The van der Waals surface area contributed by atoms with E-state index in [2.05, 4.69) is 83.0 Å². The fourth-order valence-electron chi connectivity index (χ4n) is 7.14. The average Bonchev–Trinajstić information content (AvgIpc) is 3.46. The summed E-state index contributed by atoms with van der Waals surface area (Å²) in [7, 11) is 1.44. The largest absolute Gasteiger partial charge is 0.466 e. The number of esters is 1. The van der Waals surface area contributed by atoms with E-state index in [1.54, 1.807) is 0 Å². The Labute approximate surface area is 212 Å². The molecular weight excluding hydrogens is 448 g/mol. The van der Waals surface area contributed by atoms with E-state index in [1.165, 1.54) is 23.8 Å². The second-order valence-electron chi connectivity index (χ2n) is 10.2. The summed E-state index contributed by atoms with van der Waals surface area (Å²) in [5.74, 6) is -0.639. The van der Waals surface area contributed by atoms with Crippen molar-refractivity contribution in [2.45, 2.75) is 30.8 Å². The Balaban J connectivity index is 1.56. The van der Waals surface area contributed by atoms with Gasteiger partial charge in [0.15, 0.2) is 0 Å². The molecule has 1 aliphatic carbocycles. The lowest BCUT2D eigenvalue weighted by Crippen LogP contribution is -2.56. The van der Waals surface area contributed by atoms with E-state index in [1.807, 2.05) is 12.1 Å². The van der Waals surface area contributed by atoms with Crippen LogP contribution in [0.4, 0.5) is 5.69 Å². The van der Waals surface area contributed by atoms with Crippen molar-refractivity contribution >= 4 is 11.7 Å². The SMILES string of the molecule is COC(=O)C1=C2Nc3ccccc3[C@]23CCN(Cc2ccccc2)[C@@H]3[C@@H](Cc2ccccc2)[C@@H]1CO. The van der Waals surface area contributed by atoms with E-state index in [0.717, 1.165) is 37.3 Å². The highest BCUT2D eigenvalue weighted by Crippen LogP contribution is 2.60. The van der Waals surface area contributed by atoms with E-state index in [9.17, 15) is 9.90 Å². The monoisotopic (exact) mass is 480 g/mol. The van der Waals surface area contributed by atoms with Gasteiger partial charge in [-0.05, 0) is 41.5 Å². The Bertz CT molecular complexity index is 1290. The molecule has 1 saturated heterocycles. The number of ether oxygens (including phenoxy) is 1. The normalized spacial score (nSPS) is 26.7. The predicted molar refractivity (Wildman–Crippen MR) is 140 cm³/mol. The first-order valence-corrected chi connectivity index (χ1v) is 12.8. The number of nitrogens with zero attached hydrogens (tertiary/aromatic N) is 1. The maximum absolute atomic E-state index is 13.3. The molecule has 2 heterocycles. The number of rotatable bonds is 6. The summed E-state index contributed by atoms with van der Waals surface area (Å²) < 4.78 is 5.33.